The van der Waals surface area contributed by atoms with Crippen LogP contribution in [0.3, 0.4) is 0 Å². The molecule has 26 heavy (non-hydrogen) atoms. The normalized spacial score (nSPS) is 16.9. The molecule has 1 saturated heterocycles. The summed E-state index contributed by atoms with van der Waals surface area (Å²) in [4.78, 5) is 47.4. The maximum atomic E-state index is 14.0. The maximum absolute atomic E-state index is 14.0. The van der Waals surface area contributed by atoms with Gasteiger partial charge in [0.1, 0.15) is 17.5 Å². The van der Waals surface area contributed by atoms with Crippen LogP contribution in [0.5, 0.6) is 0 Å². The molecule has 1 aliphatic heterocycles. The summed E-state index contributed by atoms with van der Waals surface area (Å²) in [6.45, 7) is 1.56. The molecule has 1 unspecified atom stereocenters. The summed E-state index contributed by atoms with van der Waals surface area (Å²) in [6.07, 6.45) is 0.210. The summed E-state index contributed by atoms with van der Waals surface area (Å²) < 4.78 is 15.2. The number of benzene rings is 1. The number of halogens is 1. The molecule has 1 aromatic heterocycles. The van der Waals surface area contributed by atoms with Gasteiger partial charge in [-0.05, 0) is 25.5 Å². The minimum atomic E-state index is -0.940. The molecule has 3 amide bonds. The highest BCUT2D eigenvalue weighted by molar-refractivity contribution is 6.03. The Morgan fingerprint density at radius 2 is 2.04 bits per heavy atom. The SMILES string of the molecule is Cc1cc(=O)c(C(=O)NC2CCC(=O)NC2=O)nn1-c1ccccc1F. The number of para-hydroxylation sites is 1. The van der Waals surface area contributed by atoms with Crippen LogP contribution < -0.4 is 16.1 Å². The van der Waals surface area contributed by atoms with Crippen molar-refractivity contribution < 1.29 is 18.8 Å². The van der Waals surface area contributed by atoms with E-state index >= 15 is 0 Å². The van der Waals surface area contributed by atoms with E-state index in [0.29, 0.717) is 5.69 Å². The van der Waals surface area contributed by atoms with Gasteiger partial charge in [-0.2, -0.15) is 5.10 Å². The zero-order valence-electron chi connectivity index (χ0n) is 13.8. The van der Waals surface area contributed by atoms with Gasteiger partial charge in [0.05, 0.1) is 0 Å². The smallest absolute Gasteiger partial charge is 0.276 e. The molecule has 1 fully saturated rings. The predicted octanol–water partition coefficient (Wildman–Crippen LogP) is 0.215. The minimum Gasteiger partial charge on any atom is -0.339 e. The molecule has 2 heterocycles. The van der Waals surface area contributed by atoms with E-state index in [0.717, 1.165) is 4.68 Å². The Labute approximate surface area is 147 Å². The number of aryl methyl sites for hydroxylation is 1. The number of imide groups is 1. The van der Waals surface area contributed by atoms with Crippen LogP contribution in [0.25, 0.3) is 5.69 Å². The van der Waals surface area contributed by atoms with Gasteiger partial charge in [-0.15, -0.1) is 0 Å². The Morgan fingerprint density at radius 3 is 2.73 bits per heavy atom. The van der Waals surface area contributed by atoms with Crippen LogP contribution in [0.4, 0.5) is 4.39 Å². The monoisotopic (exact) mass is 358 g/mol. The van der Waals surface area contributed by atoms with Crippen LogP contribution in [0.2, 0.25) is 0 Å². The number of piperidine rings is 1. The standard InChI is InChI=1S/C17H15FN4O4/c1-9-8-13(23)15(21-22(9)12-5-3-2-4-10(12)18)17(26)19-11-6-7-14(24)20-16(11)25/h2-5,8,11H,6-7H2,1H3,(H,19,26)(H,20,24,25). The number of hydrogen-bond donors (Lipinski definition) is 2. The lowest BCUT2D eigenvalue weighted by atomic mass is 10.1. The first kappa shape index (κ1) is 17.5. The van der Waals surface area contributed by atoms with Gasteiger partial charge in [0, 0.05) is 18.2 Å². The van der Waals surface area contributed by atoms with Gasteiger partial charge in [0.15, 0.2) is 5.69 Å². The third-order valence-electron chi connectivity index (χ3n) is 3.95. The van der Waals surface area contributed by atoms with Crippen molar-refractivity contribution in [2.75, 3.05) is 0 Å². The molecule has 3 rings (SSSR count). The van der Waals surface area contributed by atoms with Crippen molar-refractivity contribution in [1.29, 1.82) is 0 Å². The van der Waals surface area contributed by atoms with Crippen molar-refractivity contribution in [3.05, 3.63) is 57.8 Å². The van der Waals surface area contributed by atoms with Gasteiger partial charge in [-0.25, -0.2) is 9.07 Å². The van der Waals surface area contributed by atoms with Crippen molar-refractivity contribution in [1.82, 2.24) is 20.4 Å². The van der Waals surface area contributed by atoms with Gasteiger partial charge in [-0.3, -0.25) is 24.5 Å². The Morgan fingerprint density at radius 1 is 1.31 bits per heavy atom. The largest absolute Gasteiger partial charge is 0.339 e. The number of aromatic nitrogens is 2. The number of amides is 3. The number of nitrogens with one attached hydrogen (secondary N) is 2. The first-order chi connectivity index (χ1) is 12.4. The summed E-state index contributed by atoms with van der Waals surface area (Å²) in [5.74, 6) is -2.50. The number of nitrogens with zero attached hydrogens (tertiary/aromatic N) is 2. The zero-order chi connectivity index (χ0) is 18.8. The number of carbonyl (C=O) groups excluding carboxylic acids is 3. The quantitative estimate of drug-likeness (QED) is 0.763. The second kappa shape index (κ2) is 6.87. The van der Waals surface area contributed by atoms with Crippen molar-refractivity contribution in [3.8, 4) is 5.69 Å². The topological polar surface area (TPSA) is 110 Å². The summed E-state index contributed by atoms with van der Waals surface area (Å²) in [5.41, 5.74) is -0.693. The Bertz CT molecular complexity index is 969. The predicted molar refractivity (Wildman–Crippen MR) is 88.2 cm³/mol. The van der Waals surface area contributed by atoms with Crippen LogP contribution >= 0.6 is 0 Å². The number of rotatable bonds is 3. The lowest BCUT2D eigenvalue weighted by Gasteiger charge is -2.21. The van der Waals surface area contributed by atoms with E-state index in [-0.39, 0.29) is 18.5 Å². The summed E-state index contributed by atoms with van der Waals surface area (Å²) in [5, 5.41) is 8.46. The Hall–Kier alpha value is -3.36. The van der Waals surface area contributed by atoms with Crippen LogP contribution in [-0.4, -0.2) is 33.5 Å². The van der Waals surface area contributed by atoms with Gasteiger partial charge >= 0.3 is 0 Å². The summed E-state index contributed by atoms with van der Waals surface area (Å²) >= 11 is 0. The van der Waals surface area contributed by atoms with Gasteiger partial charge < -0.3 is 5.32 Å². The van der Waals surface area contributed by atoms with Gasteiger partial charge in [0.2, 0.25) is 17.2 Å². The molecule has 0 bridgehead atoms. The third-order valence-corrected chi connectivity index (χ3v) is 3.95. The first-order valence-corrected chi connectivity index (χ1v) is 7.87. The van der Waals surface area contributed by atoms with Crippen molar-refractivity contribution >= 4 is 17.7 Å². The van der Waals surface area contributed by atoms with E-state index in [1.165, 1.54) is 24.3 Å². The van der Waals surface area contributed by atoms with Crippen molar-refractivity contribution in [2.45, 2.75) is 25.8 Å². The maximum Gasteiger partial charge on any atom is 0.276 e. The zero-order valence-corrected chi connectivity index (χ0v) is 13.8. The first-order valence-electron chi connectivity index (χ1n) is 7.87. The molecule has 2 N–H and O–H groups in total. The van der Waals surface area contributed by atoms with Crippen LogP contribution in [0.15, 0.2) is 35.1 Å². The highest BCUT2D eigenvalue weighted by Gasteiger charge is 2.29. The molecule has 2 aromatic rings. The van der Waals surface area contributed by atoms with E-state index in [1.807, 2.05) is 0 Å². The number of carbonyl (C=O) groups is 3. The molecule has 1 atom stereocenters. The highest BCUT2D eigenvalue weighted by atomic mass is 19.1. The van der Waals surface area contributed by atoms with E-state index < -0.39 is 40.7 Å². The average molecular weight is 358 g/mol. The second-order valence-corrected chi connectivity index (χ2v) is 5.84. The molecular formula is C17H15FN4O4. The van der Waals surface area contributed by atoms with E-state index in [4.69, 9.17) is 0 Å². The minimum absolute atomic E-state index is 0.0808. The average Bonchev–Trinajstić information content (AvgIpc) is 2.58. The lowest BCUT2D eigenvalue weighted by molar-refractivity contribution is -0.134. The molecule has 0 spiro atoms. The third kappa shape index (κ3) is 3.37. The fraction of sp³-hybridized carbons (Fsp3) is 0.235. The summed E-state index contributed by atoms with van der Waals surface area (Å²) in [7, 11) is 0. The molecule has 1 aliphatic rings. The fourth-order valence-corrected chi connectivity index (χ4v) is 2.63. The molecule has 0 saturated carbocycles. The van der Waals surface area contributed by atoms with E-state index in [2.05, 4.69) is 15.7 Å². The molecule has 8 nitrogen and oxygen atoms in total. The molecule has 0 radical (unpaired) electrons. The molecular weight excluding hydrogens is 343 g/mol. The Kier molecular flexibility index (Phi) is 4.61. The van der Waals surface area contributed by atoms with Crippen molar-refractivity contribution in [3.63, 3.8) is 0 Å². The summed E-state index contributed by atoms with van der Waals surface area (Å²) in [6, 6.07) is 6.02. The molecule has 0 aliphatic carbocycles. The lowest BCUT2D eigenvalue weighted by Crippen LogP contribution is -2.53. The molecule has 1 aromatic carbocycles. The molecule has 9 heteroatoms. The van der Waals surface area contributed by atoms with Crippen molar-refractivity contribution in [2.24, 2.45) is 0 Å². The van der Waals surface area contributed by atoms with Crippen LogP contribution in [-0.2, 0) is 9.59 Å². The van der Waals surface area contributed by atoms with E-state index in [1.54, 1.807) is 13.0 Å². The van der Waals surface area contributed by atoms with Gasteiger partial charge in [-0.1, -0.05) is 12.1 Å². The van der Waals surface area contributed by atoms with Crippen LogP contribution in [0.1, 0.15) is 29.0 Å². The fourth-order valence-electron chi connectivity index (χ4n) is 2.63. The second-order valence-electron chi connectivity index (χ2n) is 5.84. The molecule has 134 valence electrons. The Balaban J connectivity index is 1.93. The van der Waals surface area contributed by atoms with Crippen LogP contribution in [0, 0.1) is 12.7 Å². The van der Waals surface area contributed by atoms with E-state index in [9.17, 15) is 23.6 Å². The van der Waals surface area contributed by atoms with Gasteiger partial charge in [0.25, 0.3) is 5.91 Å². The number of hydrogen-bond acceptors (Lipinski definition) is 5. The highest BCUT2D eigenvalue weighted by Crippen LogP contribution is 2.13.